The smallest absolute Gasteiger partial charge is 0.259 e. The Balaban J connectivity index is 1.32. The molecule has 0 saturated heterocycles. The summed E-state index contributed by atoms with van der Waals surface area (Å²) in [5.41, 5.74) is 12.6. The maximum atomic E-state index is 13.1. The zero-order chi connectivity index (χ0) is 22.8. The fraction of sp³-hybridized carbons (Fsp3) is 0.269. The van der Waals surface area contributed by atoms with Crippen LogP contribution in [0.2, 0.25) is 0 Å². The number of amides is 1. The van der Waals surface area contributed by atoms with E-state index >= 15 is 0 Å². The SMILES string of the molecule is Cc1nccc(CNc2ncccc2C(=O)Nc2ccc3c(c2)NCC32CCC2)c1/C=C\N. The van der Waals surface area contributed by atoms with Crippen molar-refractivity contribution in [2.75, 3.05) is 22.5 Å². The zero-order valence-electron chi connectivity index (χ0n) is 18.7. The van der Waals surface area contributed by atoms with Crippen LogP contribution in [0.4, 0.5) is 17.2 Å². The maximum absolute atomic E-state index is 13.1. The molecule has 2 aliphatic rings. The maximum Gasteiger partial charge on any atom is 0.259 e. The average molecular weight is 441 g/mol. The summed E-state index contributed by atoms with van der Waals surface area (Å²) < 4.78 is 0. The summed E-state index contributed by atoms with van der Waals surface area (Å²) in [6.07, 6.45) is 10.6. The molecule has 1 amide bonds. The predicted octanol–water partition coefficient (Wildman–Crippen LogP) is 4.43. The Hall–Kier alpha value is -3.87. The second kappa shape index (κ2) is 8.58. The van der Waals surface area contributed by atoms with Crippen LogP contribution in [0, 0.1) is 6.92 Å². The van der Waals surface area contributed by atoms with Crippen molar-refractivity contribution < 1.29 is 4.79 Å². The van der Waals surface area contributed by atoms with E-state index in [0.29, 0.717) is 23.3 Å². The number of aromatic nitrogens is 2. The van der Waals surface area contributed by atoms with Crippen LogP contribution in [-0.2, 0) is 12.0 Å². The minimum Gasteiger partial charge on any atom is -0.405 e. The van der Waals surface area contributed by atoms with Gasteiger partial charge in [0.2, 0.25) is 0 Å². The Morgan fingerprint density at radius 2 is 2.09 bits per heavy atom. The molecule has 1 spiro atoms. The third-order valence-electron chi connectivity index (χ3n) is 6.82. The molecule has 1 aliphatic carbocycles. The van der Waals surface area contributed by atoms with Gasteiger partial charge in [0, 0.05) is 53.5 Å². The molecule has 2 aromatic heterocycles. The van der Waals surface area contributed by atoms with E-state index in [9.17, 15) is 4.79 Å². The van der Waals surface area contributed by atoms with Crippen LogP contribution in [0.3, 0.4) is 0 Å². The van der Waals surface area contributed by atoms with E-state index in [1.807, 2.05) is 31.2 Å². The van der Waals surface area contributed by atoms with Crippen molar-refractivity contribution in [1.82, 2.24) is 9.97 Å². The number of hydrogen-bond donors (Lipinski definition) is 4. The topological polar surface area (TPSA) is 105 Å². The van der Waals surface area contributed by atoms with Crippen molar-refractivity contribution in [3.63, 3.8) is 0 Å². The van der Waals surface area contributed by atoms with Gasteiger partial charge in [0.25, 0.3) is 5.91 Å². The molecule has 0 atom stereocenters. The number of pyridine rings is 2. The fourth-order valence-electron chi connectivity index (χ4n) is 4.86. The number of rotatable bonds is 6. The van der Waals surface area contributed by atoms with Gasteiger partial charge in [-0.05, 0) is 73.5 Å². The molecule has 3 aromatic rings. The summed E-state index contributed by atoms with van der Waals surface area (Å²) in [5, 5.41) is 9.86. The van der Waals surface area contributed by atoms with E-state index in [1.54, 1.807) is 24.5 Å². The minimum absolute atomic E-state index is 0.199. The van der Waals surface area contributed by atoms with Crippen LogP contribution in [-0.4, -0.2) is 22.4 Å². The minimum atomic E-state index is -0.199. The number of benzene rings is 1. The van der Waals surface area contributed by atoms with E-state index in [0.717, 1.165) is 34.7 Å². The monoisotopic (exact) mass is 440 g/mol. The third-order valence-corrected chi connectivity index (χ3v) is 6.82. The summed E-state index contributed by atoms with van der Waals surface area (Å²) >= 11 is 0. The predicted molar refractivity (Wildman–Crippen MR) is 132 cm³/mol. The van der Waals surface area contributed by atoms with Crippen LogP contribution in [0.5, 0.6) is 0 Å². The summed E-state index contributed by atoms with van der Waals surface area (Å²) in [5.74, 6) is 0.328. The van der Waals surface area contributed by atoms with Gasteiger partial charge >= 0.3 is 0 Å². The van der Waals surface area contributed by atoms with Gasteiger partial charge in [0.1, 0.15) is 5.82 Å². The largest absolute Gasteiger partial charge is 0.405 e. The summed E-state index contributed by atoms with van der Waals surface area (Å²) in [4.78, 5) is 21.9. The van der Waals surface area contributed by atoms with Gasteiger partial charge in [-0.3, -0.25) is 9.78 Å². The normalized spacial score (nSPS) is 15.7. The number of nitrogens with one attached hydrogen (secondary N) is 3. The highest BCUT2D eigenvalue weighted by Gasteiger charge is 2.43. The van der Waals surface area contributed by atoms with Gasteiger partial charge in [0.05, 0.1) is 5.56 Å². The number of aryl methyl sites for hydroxylation is 1. The van der Waals surface area contributed by atoms with Gasteiger partial charge in [-0.25, -0.2) is 4.98 Å². The molecule has 7 nitrogen and oxygen atoms in total. The molecular formula is C26H28N6O. The lowest BCUT2D eigenvalue weighted by molar-refractivity contribution is 0.102. The van der Waals surface area contributed by atoms with Crippen LogP contribution in [0.15, 0.2) is 55.0 Å². The Bertz CT molecular complexity index is 1230. The van der Waals surface area contributed by atoms with Crippen LogP contribution >= 0.6 is 0 Å². The van der Waals surface area contributed by atoms with Crippen molar-refractivity contribution in [2.45, 2.75) is 38.1 Å². The molecule has 3 heterocycles. The average Bonchev–Trinajstić information content (AvgIpc) is 3.19. The Kier molecular flexibility index (Phi) is 5.46. The Morgan fingerprint density at radius 3 is 2.88 bits per heavy atom. The molecule has 0 bridgehead atoms. The van der Waals surface area contributed by atoms with Crippen LogP contribution < -0.4 is 21.7 Å². The molecular weight excluding hydrogens is 412 g/mol. The lowest BCUT2D eigenvalue weighted by atomic mass is 9.66. The van der Waals surface area contributed by atoms with Crippen LogP contribution in [0.25, 0.3) is 6.08 Å². The van der Waals surface area contributed by atoms with Gasteiger partial charge in [-0.2, -0.15) is 0 Å². The van der Waals surface area contributed by atoms with E-state index in [1.165, 1.54) is 31.0 Å². The highest BCUT2D eigenvalue weighted by Crippen LogP contribution is 2.50. The zero-order valence-corrected chi connectivity index (χ0v) is 18.7. The lowest BCUT2D eigenvalue weighted by Gasteiger charge is -2.38. The second-order valence-electron chi connectivity index (χ2n) is 8.78. The first kappa shape index (κ1) is 21.0. The van der Waals surface area contributed by atoms with Gasteiger partial charge in [-0.1, -0.05) is 12.5 Å². The fourth-order valence-corrected chi connectivity index (χ4v) is 4.86. The molecule has 1 aromatic carbocycles. The molecule has 33 heavy (non-hydrogen) atoms. The molecule has 168 valence electrons. The first-order chi connectivity index (χ1) is 16.1. The first-order valence-corrected chi connectivity index (χ1v) is 11.3. The number of nitrogens with two attached hydrogens (primary N) is 1. The van der Waals surface area contributed by atoms with Crippen molar-refractivity contribution in [3.8, 4) is 0 Å². The lowest BCUT2D eigenvalue weighted by Crippen LogP contribution is -2.35. The number of carbonyl (C=O) groups is 1. The summed E-state index contributed by atoms with van der Waals surface area (Å²) in [7, 11) is 0. The molecule has 0 unspecified atom stereocenters. The van der Waals surface area contributed by atoms with Crippen molar-refractivity contribution in [1.29, 1.82) is 0 Å². The number of fused-ring (bicyclic) bond motifs is 2. The van der Waals surface area contributed by atoms with Crippen molar-refractivity contribution >= 4 is 29.2 Å². The molecule has 1 saturated carbocycles. The summed E-state index contributed by atoms with van der Waals surface area (Å²) in [6.45, 7) is 3.42. The van der Waals surface area contributed by atoms with E-state index in [-0.39, 0.29) is 5.91 Å². The highest BCUT2D eigenvalue weighted by molar-refractivity contribution is 6.07. The van der Waals surface area contributed by atoms with Gasteiger partial charge in [0.15, 0.2) is 0 Å². The van der Waals surface area contributed by atoms with Gasteiger partial charge in [-0.15, -0.1) is 0 Å². The number of nitrogens with zero attached hydrogens (tertiary/aromatic N) is 2. The molecule has 5 N–H and O–H groups in total. The quantitative estimate of drug-likeness (QED) is 0.452. The number of anilines is 3. The highest BCUT2D eigenvalue weighted by atomic mass is 16.1. The number of carbonyl (C=O) groups excluding carboxylic acids is 1. The third kappa shape index (κ3) is 3.91. The van der Waals surface area contributed by atoms with Crippen LogP contribution in [0.1, 0.15) is 52.0 Å². The number of hydrogen-bond acceptors (Lipinski definition) is 6. The molecule has 1 aliphatic heterocycles. The Morgan fingerprint density at radius 1 is 1.21 bits per heavy atom. The van der Waals surface area contributed by atoms with E-state index in [4.69, 9.17) is 5.73 Å². The first-order valence-electron chi connectivity index (χ1n) is 11.3. The van der Waals surface area contributed by atoms with Gasteiger partial charge < -0.3 is 21.7 Å². The molecule has 0 radical (unpaired) electrons. The van der Waals surface area contributed by atoms with E-state index in [2.05, 4.69) is 32.0 Å². The van der Waals surface area contributed by atoms with E-state index < -0.39 is 0 Å². The molecule has 7 heteroatoms. The second-order valence-corrected chi connectivity index (χ2v) is 8.78. The molecule has 5 rings (SSSR count). The van der Waals surface area contributed by atoms with Crippen molar-refractivity contribution in [3.05, 3.63) is 82.9 Å². The summed E-state index contributed by atoms with van der Waals surface area (Å²) in [6, 6.07) is 11.7. The van der Waals surface area contributed by atoms with Crippen molar-refractivity contribution in [2.24, 2.45) is 5.73 Å². The Labute approximate surface area is 193 Å². The molecule has 1 fully saturated rings. The standard InChI is InChI=1S/C26H28N6O/c1-17-20(7-11-27)18(8-13-28-17)15-30-24-21(4-2-12-29-24)25(33)32-19-5-6-22-23(14-19)31-16-26(22)9-3-10-26/h2,4-8,11-14,31H,3,9-10,15-16,27H2,1H3,(H,29,30)(H,32,33)/b11-7-.